The molecule has 3 aromatic rings. The van der Waals surface area contributed by atoms with E-state index in [9.17, 15) is 4.79 Å². The molecule has 0 atom stereocenters. The first-order chi connectivity index (χ1) is 15.4. The van der Waals surface area contributed by atoms with E-state index in [0.717, 1.165) is 52.7 Å². The number of hydrogen-bond donors (Lipinski definition) is 2. The van der Waals surface area contributed by atoms with Gasteiger partial charge in [0.05, 0.1) is 5.52 Å². The number of halogens is 1. The molecule has 0 saturated carbocycles. The fourth-order valence-electron chi connectivity index (χ4n) is 4.05. The molecule has 0 bridgehead atoms. The van der Waals surface area contributed by atoms with E-state index in [2.05, 4.69) is 81.5 Å². The van der Waals surface area contributed by atoms with Crippen LogP contribution in [0.4, 0.5) is 16.3 Å². The van der Waals surface area contributed by atoms with Crippen LogP contribution in [0.3, 0.4) is 0 Å². The average molecular weight is 496 g/mol. The van der Waals surface area contributed by atoms with Gasteiger partial charge in [0.15, 0.2) is 0 Å². The molecule has 2 aromatic carbocycles. The largest absolute Gasteiger partial charge is 0.369 e. The maximum absolute atomic E-state index is 12.8. The summed E-state index contributed by atoms with van der Waals surface area (Å²) in [5.41, 5.74) is 4.18. The van der Waals surface area contributed by atoms with Crippen LogP contribution >= 0.6 is 15.9 Å². The van der Waals surface area contributed by atoms with Crippen LogP contribution in [0.25, 0.3) is 10.9 Å². The molecule has 1 saturated heterocycles. The minimum Gasteiger partial charge on any atom is -0.369 e. The fourth-order valence-corrected chi connectivity index (χ4v) is 4.43. The van der Waals surface area contributed by atoms with E-state index in [1.54, 1.807) is 0 Å². The Kier molecular flexibility index (Phi) is 6.96. The van der Waals surface area contributed by atoms with Gasteiger partial charge in [-0.15, -0.1) is 0 Å². The minimum atomic E-state index is -0.246. The number of benzene rings is 2. The summed E-state index contributed by atoms with van der Waals surface area (Å²) in [6.07, 6.45) is 0. The van der Waals surface area contributed by atoms with Gasteiger partial charge < -0.3 is 15.1 Å². The number of nitrogens with one attached hydrogen (secondary N) is 2. The number of fused-ring (bicyclic) bond motifs is 1. The van der Waals surface area contributed by atoms with Crippen LogP contribution in [-0.4, -0.2) is 49.1 Å². The number of likely N-dealkylation sites (N-methyl/N-ethyl adjacent to an activating group) is 1. The Bertz CT molecular complexity index is 1110. The molecule has 1 fully saturated rings. The quantitative estimate of drug-likeness (QED) is 0.510. The molecule has 4 rings (SSSR count). The van der Waals surface area contributed by atoms with Crippen molar-refractivity contribution in [3.8, 4) is 0 Å². The van der Waals surface area contributed by atoms with E-state index in [4.69, 9.17) is 4.98 Å². The lowest BCUT2D eigenvalue weighted by atomic mass is 10.0. The summed E-state index contributed by atoms with van der Waals surface area (Å²) in [6, 6.07) is 16.1. The fraction of sp³-hybridized carbons (Fsp3) is 0.360. The number of hydrogen-bond acceptors (Lipinski definition) is 4. The summed E-state index contributed by atoms with van der Waals surface area (Å²) in [4.78, 5) is 22.3. The van der Waals surface area contributed by atoms with Crippen molar-refractivity contribution in [2.45, 2.75) is 26.3 Å². The number of carbonyl (C=O) groups is 1. The van der Waals surface area contributed by atoms with Gasteiger partial charge in [0.1, 0.15) is 5.82 Å². The molecule has 0 spiro atoms. The zero-order valence-electron chi connectivity index (χ0n) is 18.9. The lowest BCUT2D eigenvalue weighted by Crippen LogP contribution is -2.45. The van der Waals surface area contributed by atoms with E-state index in [-0.39, 0.29) is 11.9 Å². The number of pyridine rings is 1. The third-order valence-electron chi connectivity index (χ3n) is 5.94. The topological polar surface area (TPSA) is 60.5 Å². The lowest BCUT2D eigenvalue weighted by molar-refractivity contribution is 0.251. The highest BCUT2D eigenvalue weighted by Crippen LogP contribution is 2.28. The normalized spacial score (nSPS) is 14.7. The molecule has 2 heterocycles. The third-order valence-corrected chi connectivity index (χ3v) is 6.43. The number of anilines is 2. The molecule has 32 heavy (non-hydrogen) atoms. The molecule has 7 heteroatoms. The van der Waals surface area contributed by atoms with Crippen LogP contribution in [0.1, 0.15) is 30.9 Å². The van der Waals surface area contributed by atoms with Gasteiger partial charge in [-0.25, -0.2) is 9.78 Å². The molecule has 168 valence electrons. The van der Waals surface area contributed by atoms with Crippen molar-refractivity contribution in [1.29, 1.82) is 0 Å². The van der Waals surface area contributed by atoms with Gasteiger partial charge in [0, 0.05) is 48.3 Å². The number of urea groups is 1. The molecule has 1 aromatic heterocycles. The Morgan fingerprint density at radius 1 is 1.09 bits per heavy atom. The second kappa shape index (κ2) is 9.88. The number of amides is 2. The number of aromatic nitrogens is 1. The number of nitrogens with zero attached hydrogens (tertiary/aromatic N) is 3. The van der Waals surface area contributed by atoms with Crippen molar-refractivity contribution in [3.05, 3.63) is 64.1 Å². The molecule has 1 aliphatic rings. The molecule has 2 amide bonds. The predicted octanol–water partition coefficient (Wildman–Crippen LogP) is 5.19. The van der Waals surface area contributed by atoms with Crippen molar-refractivity contribution in [2.75, 3.05) is 43.4 Å². The smallest absolute Gasteiger partial charge is 0.320 e. The van der Waals surface area contributed by atoms with Crippen molar-refractivity contribution in [2.24, 2.45) is 0 Å². The first-order valence-corrected chi connectivity index (χ1v) is 11.9. The predicted molar refractivity (Wildman–Crippen MR) is 136 cm³/mol. The molecule has 6 nitrogen and oxygen atoms in total. The van der Waals surface area contributed by atoms with Crippen LogP contribution in [0.15, 0.2) is 53.0 Å². The standard InChI is InChI=1S/C25H30BrN5O/c1-17(2)21-15-19-14-20(26)8-9-22(19)28-24(21)29-25(32)27-16-18-6-4-5-7-23(18)31-12-10-30(3)11-13-31/h4-9,14-15,17H,10-13,16H2,1-3H3,(H2,27,28,29,32). The van der Waals surface area contributed by atoms with E-state index in [1.807, 2.05) is 24.3 Å². The number of carbonyl (C=O) groups excluding carboxylic acids is 1. The molecule has 2 N–H and O–H groups in total. The highest BCUT2D eigenvalue weighted by atomic mass is 79.9. The molecule has 1 aliphatic heterocycles. The zero-order chi connectivity index (χ0) is 22.7. The second-order valence-electron chi connectivity index (χ2n) is 8.64. The maximum Gasteiger partial charge on any atom is 0.320 e. The molecule has 0 unspecified atom stereocenters. The molecular formula is C25H30BrN5O. The molecule has 0 radical (unpaired) electrons. The first kappa shape index (κ1) is 22.6. The van der Waals surface area contributed by atoms with Crippen LogP contribution in [0, 0.1) is 0 Å². The highest BCUT2D eigenvalue weighted by molar-refractivity contribution is 9.10. The Balaban J connectivity index is 1.48. The van der Waals surface area contributed by atoms with Crippen molar-refractivity contribution < 1.29 is 4.79 Å². The van der Waals surface area contributed by atoms with Crippen molar-refractivity contribution >= 4 is 44.4 Å². The van der Waals surface area contributed by atoms with Gasteiger partial charge in [-0.2, -0.15) is 0 Å². The molecule has 0 aliphatic carbocycles. The van der Waals surface area contributed by atoms with Crippen molar-refractivity contribution in [3.63, 3.8) is 0 Å². The number of rotatable bonds is 5. The summed E-state index contributed by atoms with van der Waals surface area (Å²) in [5, 5.41) is 7.06. The lowest BCUT2D eigenvalue weighted by Gasteiger charge is -2.35. The van der Waals surface area contributed by atoms with Gasteiger partial charge in [-0.1, -0.05) is 48.0 Å². The summed E-state index contributed by atoms with van der Waals surface area (Å²) >= 11 is 3.52. The summed E-state index contributed by atoms with van der Waals surface area (Å²) in [7, 11) is 2.15. The molecular weight excluding hydrogens is 466 g/mol. The minimum absolute atomic E-state index is 0.235. The first-order valence-electron chi connectivity index (χ1n) is 11.1. The van der Waals surface area contributed by atoms with Gasteiger partial charge in [0.2, 0.25) is 0 Å². The maximum atomic E-state index is 12.8. The summed E-state index contributed by atoms with van der Waals surface area (Å²) < 4.78 is 1.01. The second-order valence-corrected chi connectivity index (χ2v) is 9.56. The average Bonchev–Trinajstić information content (AvgIpc) is 2.78. The van der Waals surface area contributed by atoms with E-state index in [1.165, 1.54) is 5.69 Å². The summed E-state index contributed by atoms with van der Waals surface area (Å²) in [6.45, 7) is 8.76. The number of piperazine rings is 1. The Hall–Kier alpha value is -2.64. The SMILES string of the molecule is CC(C)c1cc2cc(Br)ccc2nc1NC(=O)NCc1ccccc1N1CCN(C)CC1. The van der Waals surface area contributed by atoms with Crippen LogP contribution in [0.2, 0.25) is 0 Å². The van der Waals surface area contributed by atoms with Crippen LogP contribution in [0.5, 0.6) is 0 Å². The van der Waals surface area contributed by atoms with Crippen molar-refractivity contribution in [1.82, 2.24) is 15.2 Å². The number of para-hydroxylation sites is 1. The van der Waals surface area contributed by atoms with Crippen LogP contribution < -0.4 is 15.5 Å². The van der Waals surface area contributed by atoms with E-state index >= 15 is 0 Å². The zero-order valence-corrected chi connectivity index (χ0v) is 20.4. The monoisotopic (exact) mass is 495 g/mol. The van der Waals surface area contributed by atoms with E-state index < -0.39 is 0 Å². The van der Waals surface area contributed by atoms with Gasteiger partial charge in [-0.3, -0.25) is 5.32 Å². The Labute approximate surface area is 198 Å². The highest BCUT2D eigenvalue weighted by Gasteiger charge is 2.18. The Morgan fingerprint density at radius 3 is 2.59 bits per heavy atom. The summed E-state index contributed by atoms with van der Waals surface area (Å²) in [5.74, 6) is 0.846. The van der Waals surface area contributed by atoms with Gasteiger partial charge in [0.25, 0.3) is 0 Å². The van der Waals surface area contributed by atoms with Gasteiger partial charge >= 0.3 is 6.03 Å². The third kappa shape index (κ3) is 5.22. The van der Waals surface area contributed by atoms with Crippen LogP contribution in [-0.2, 0) is 6.54 Å². The van der Waals surface area contributed by atoms with E-state index in [0.29, 0.717) is 12.4 Å². The van der Waals surface area contributed by atoms with Gasteiger partial charge in [-0.05, 0) is 54.4 Å². The Morgan fingerprint density at radius 2 is 1.84 bits per heavy atom.